The molecule has 17 nitrogen and oxygen atoms in total. The van der Waals surface area contributed by atoms with Crippen molar-refractivity contribution in [3.63, 3.8) is 0 Å². The topological polar surface area (TPSA) is 231 Å². The smallest absolute Gasteiger partial charge is 0.459 e. The van der Waals surface area contributed by atoms with Crippen molar-refractivity contribution >= 4 is 30.8 Å². The molecule has 0 spiro atoms. The van der Waals surface area contributed by atoms with Crippen LogP contribution in [0.4, 0.5) is 5.95 Å². The maximum absolute atomic E-state index is 13.8. The fourth-order valence-corrected chi connectivity index (χ4v) is 5.09. The summed E-state index contributed by atoms with van der Waals surface area (Å²) in [5, 5.41) is 16.7. The molecule has 3 rings (SSSR count). The quantitative estimate of drug-likeness (QED) is 0.0659. The molecule has 2 aromatic heterocycles. The van der Waals surface area contributed by atoms with Crippen molar-refractivity contribution in [3.05, 3.63) is 47.1 Å². The summed E-state index contributed by atoms with van der Waals surface area (Å²) in [5.74, 6) is -0.410. The lowest BCUT2D eigenvalue weighted by Crippen LogP contribution is -2.38. The zero-order valence-electron chi connectivity index (χ0n) is 23.6. The van der Waals surface area contributed by atoms with Crippen LogP contribution in [0.5, 0.6) is 11.6 Å². The number of hydrogen-bond acceptors (Lipinski definition) is 13. The van der Waals surface area contributed by atoms with Crippen LogP contribution in [0.25, 0.3) is 21.6 Å². The van der Waals surface area contributed by atoms with Crippen LogP contribution >= 0.6 is 7.75 Å². The molecule has 0 radical (unpaired) electrons. The number of ether oxygens (including phenoxy) is 3. The molecular formula is C24H34N9O8P. The van der Waals surface area contributed by atoms with E-state index in [1.165, 1.54) is 24.7 Å². The maximum atomic E-state index is 13.8. The Labute approximate surface area is 241 Å². The van der Waals surface area contributed by atoms with E-state index in [2.05, 4.69) is 30.1 Å². The summed E-state index contributed by atoms with van der Waals surface area (Å²) < 4.78 is 43.1. The Morgan fingerprint density at radius 1 is 1.24 bits per heavy atom. The van der Waals surface area contributed by atoms with Gasteiger partial charge in [0.2, 0.25) is 11.8 Å². The lowest BCUT2D eigenvalue weighted by Gasteiger charge is -2.29. The Bertz CT molecular complexity index is 1420. The number of anilines is 1. The molecule has 0 saturated carbocycles. The van der Waals surface area contributed by atoms with Crippen LogP contribution in [0, 0.1) is 0 Å². The molecular weight excluding hydrogens is 573 g/mol. The van der Waals surface area contributed by atoms with E-state index in [4.69, 9.17) is 34.5 Å². The molecule has 0 bridgehead atoms. The van der Waals surface area contributed by atoms with Crippen LogP contribution in [-0.4, -0.2) is 75.2 Å². The molecule has 4 N–H and O–H groups in total. The van der Waals surface area contributed by atoms with Crippen molar-refractivity contribution in [1.29, 1.82) is 0 Å². The molecule has 42 heavy (non-hydrogen) atoms. The number of nitrogens with zero attached hydrogens (tertiary/aromatic N) is 7. The average Bonchev–Trinajstić information content (AvgIpc) is 3.37. The number of imidazole rings is 1. The predicted molar refractivity (Wildman–Crippen MR) is 150 cm³/mol. The van der Waals surface area contributed by atoms with Gasteiger partial charge in [0.25, 0.3) is 0 Å². The number of nitrogens with two attached hydrogens (primary N) is 1. The summed E-state index contributed by atoms with van der Waals surface area (Å²) in [7, 11) is -4.25. The van der Waals surface area contributed by atoms with Gasteiger partial charge in [-0.3, -0.25) is 13.9 Å². The number of benzene rings is 1. The molecule has 0 aliphatic carbocycles. The Kier molecular flexibility index (Phi) is 11.9. The largest absolute Gasteiger partial charge is 0.476 e. The molecule has 3 aromatic rings. The van der Waals surface area contributed by atoms with E-state index in [1.54, 1.807) is 44.2 Å². The first-order valence-electron chi connectivity index (χ1n) is 13.0. The molecule has 0 aliphatic rings. The Morgan fingerprint density at radius 3 is 2.62 bits per heavy atom. The van der Waals surface area contributed by atoms with E-state index in [0.29, 0.717) is 6.61 Å². The number of aliphatic hydroxyl groups excluding tert-OH is 1. The highest BCUT2D eigenvalue weighted by atomic mass is 31.2. The third-order valence-corrected chi connectivity index (χ3v) is 7.18. The predicted octanol–water partition coefficient (Wildman–Crippen LogP) is 3.13. The van der Waals surface area contributed by atoms with E-state index in [9.17, 15) is 14.5 Å². The van der Waals surface area contributed by atoms with Gasteiger partial charge in [-0.2, -0.15) is 15.1 Å². The zero-order valence-corrected chi connectivity index (χ0v) is 24.5. The molecule has 228 valence electrons. The van der Waals surface area contributed by atoms with Crippen molar-refractivity contribution in [3.8, 4) is 11.6 Å². The monoisotopic (exact) mass is 607 g/mol. The Balaban J connectivity index is 1.89. The number of nitrogens with one attached hydrogen (secondary N) is 1. The van der Waals surface area contributed by atoms with Gasteiger partial charge >= 0.3 is 13.7 Å². The van der Waals surface area contributed by atoms with Crippen molar-refractivity contribution in [2.75, 3.05) is 32.1 Å². The average molecular weight is 608 g/mol. The van der Waals surface area contributed by atoms with Crippen LogP contribution in [0.15, 0.2) is 41.8 Å². The first-order chi connectivity index (χ1) is 20.1. The third kappa shape index (κ3) is 8.76. The molecule has 5 atom stereocenters. The van der Waals surface area contributed by atoms with Gasteiger partial charge < -0.3 is 29.6 Å². The van der Waals surface area contributed by atoms with Gasteiger partial charge in [-0.25, -0.2) is 9.55 Å². The summed E-state index contributed by atoms with van der Waals surface area (Å²) in [6, 6.07) is 7.12. The lowest BCUT2D eigenvalue weighted by molar-refractivity contribution is -0.144. The van der Waals surface area contributed by atoms with Gasteiger partial charge in [0.05, 0.1) is 38.8 Å². The zero-order chi connectivity index (χ0) is 30.7. The second kappa shape index (κ2) is 15.3. The number of aliphatic hydroxyl groups is 1. The van der Waals surface area contributed by atoms with E-state index in [1.807, 2.05) is 0 Å². The van der Waals surface area contributed by atoms with Crippen molar-refractivity contribution in [1.82, 2.24) is 24.6 Å². The number of carbonyl (C=O) groups is 1. The number of para-hydroxylation sites is 1. The standard InChI is InChI=1S/C24H34N9O8P/c1-5-37-22-20-21(29-24(25)30-22)33(14-27-20)19(12-28-32-26)40-18(16(4)34)13-39-42(36,31-15(3)23(35)38-6-2)41-17-10-8-7-9-11-17/h7-11,14-16,18-19,34H,5-6,12-13H2,1-4H3,(H,31,36)(H2,25,29,30)/t15-,16-,18+,19+,42?/m0/s1. The molecule has 1 unspecified atom stereocenters. The Hall–Kier alpha value is -3.98. The van der Waals surface area contributed by atoms with Gasteiger partial charge in [0, 0.05) is 4.91 Å². The molecule has 18 heteroatoms. The van der Waals surface area contributed by atoms with Gasteiger partial charge in [0.1, 0.15) is 24.1 Å². The highest BCUT2D eigenvalue weighted by molar-refractivity contribution is 7.52. The molecule has 0 fully saturated rings. The summed E-state index contributed by atoms with van der Waals surface area (Å²) in [5.41, 5.74) is 15.3. The molecule has 0 saturated heterocycles. The summed E-state index contributed by atoms with van der Waals surface area (Å²) in [6.45, 7) is 5.95. The highest BCUT2D eigenvalue weighted by Gasteiger charge is 2.35. The summed E-state index contributed by atoms with van der Waals surface area (Å²) in [6.07, 6.45) is -2.04. The fraction of sp³-hybridized carbons (Fsp3) is 0.500. The number of hydrogen-bond donors (Lipinski definition) is 3. The van der Waals surface area contributed by atoms with Gasteiger partial charge in [-0.1, -0.05) is 23.3 Å². The van der Waals surface area contributed by atoms with E-state index < -0.39 is 44.8 Å². The van der Waals surface area contributed by atoms with Crippen LogP contribution in [0.1, 0.15) is 33.9 Å². The SMILES string of the molecule is CCOC(=O)[C@H](C)NP(=O)(OC[C@@H](O[C@H](CN=[N+]=[N-])n1cnc2c(OCC)nc(N)nc21)[C@H](C)O)Oc1ccccc1. The molecule has 0 aliphatic heterocycles. The minimum absolute atomic E-state index is 0.0913. The second-order valence-electron chi connectivity index (χ2n) is 8.73. The van der Waals surface area contributed by atoms with Gasteiger partial charge in [-0.15, -0.1) is 0 Å². The minimum Gasteiger partial charge on any atom is -0.476 e. The first-order valence-corrected chi connectivity index (χ1v) is 14.6. The number of esters is 1. The number of rotatable bonds is 17. The van der Waals surface area contributed by atoms with Crippen LogP contribution in [0.2, 0.25) is 0 Å². The van der Waals surface area contributed by atoms with Crippen molar-refractivity contribution in [2.24, 2.45) is 5.11 Å². The van der Waals surface area contributed by atoms with Gasteiger partial charge in [-0.05, 0) is 45.4 Å². The maximum Gasteiger partial charge on any atom is 0.459 e. The summed E-state index contributed by atoms with van der Waals surface area (Å²) in [4.78, 5) is 27.6. The minimum atomic E-state index is -4.25. The van der Waals surface area contributed by atoms with Crippen molar-refractivity contribution < 1.29 is 37.7 Å². The molecule has 0 amide bonds. The van der Waals surface area contributed by atoms with E-state index >= 15 is 0 Å². The second-order valence-corrected chi connectivity index (χ2v) is 10.4. The van der Waals surface area contributed by atoms with E-state index in [-0.39, 0.29) is 41.9 Å². The number of nitrogen functional groups attached to an aromatic ring is 1. The van der Waals surface area contributed by atoms with Crippen LogP contribution < -0.4 is 20.1 Å². The van der Waals surface area contributed by atoms with Crippen LogP contribution in [0.3, 0.4) is 0 Å². The highest BCUT2D eigenvalue weighted by Crippen LogP contribution is 2.45. The Morgan fingerprint density at radius 2 is 1.98 bits per heavy atom. The number of azide groups is 1. The number of carbonyl (C=O) groups excluding carboxylic acids is 1. The molecule has 1 aromatic carbocycles. The van der Waals surface area contributed by atoms with E-state index in [0.717, 1.165) is 0 Å². The normalized spacial score (nSPS) is 15.5. The third-order valence-electron chi connectivity index (χ3n) is 5.54. The molecule has 2 heterocycles. The lowest BCUT2D eigenvalue weighted by atomic mass is 10.2. The number of fused-ring (bicyclic) bond motifs is 1. The first kappa shape index (κ1) is 32.5. The fourth-order valence-electron chi connectivity index (χ4n) is 3.59. The van der Waals surface area contributed by atoms with Gasteiger partial charge in [0.15, 0.2) is 11.2 Å². The number of aromatic nitrogens is 4. The summed E-state index contributed by atoms with van der Waals surface area (Å²) >= 11 is 0. The van der Waals surface area contributed by atoms with Crippen molar-refractivity contribution in [2.45, 2.75) is 52.2 Å². The van der Waals surface area contributed by atoms with Crippen LogP contribution in [-0.2, 0) is 23.4 Å².